The van der Waals surface area contributed by atoms with E-state index in [1.807, 2.05) is 0 Å². The molecule has 110 valence electrons. The highest BCUT2D eigenvalue weighted by Gasteiger charge is 2.30. The van der Waals surface area contributed by atoms with E-state index in [0.717, 1.165) is 23.4 Å². The first-order valence-corrected chi connectivity index (χ1v) is 7.52. The Morgan fingerprint density at radius 3 is 2.86 bits per heavy atom. The number of benzene rings is 1. The zero-order chi connectivity index (χ0) is 14.8. The van der Waals surface area contributed by atoms with Crippen LogP contribution in [0.2, 0.25) is 0 Å². The van der Waals surface area contributed by atoms with E-state index in [4.69, 9.17) is 9.84 Å². The molecule has 0 amide bonds. The molecule has 1 fully saturated rings. The maximum absolute atomic E-state index is 13.5. The molecule has 1 aliphatic rings. The highest BCUT2D eigenvalue weighted by molar-refractivity contribution is 7.11. The van der Waals surface area contributed by atoms with Gasteiger partial charge >= 0.3 is 5.97 Å². The van der Waals surface area contributed by atoms with Crippen molar-refractivity contribution in [1.82, 2.24) is 4.98 Å². The third-order valence-electron chi connectivity index (χ3n) is 3.24. The number of ether oxygens (including phenoxy) is 1. The Bertz CT molecular complexity index is 667. The molecule has 0 aliphatic heterocycles. The highest BCUT2D eigenvalue weighted by atomic mass is 32.1. The zero-order valence-corrected chi connectivity index (χ0v) is 12.0. The Kier molecular flexibility index (Phi) is 3.88. The fourth-order valence-corrected chi connectivity index (χ4v) is 3.18. The molecule has 1 saturated carbocycles. The van der Waals surface area contributed by atoms with Crippen LogP contribution in [0.25, 0.3) is 0 Å². The molecule has 1 aromatic heterocycles. The molecule has 1 aliphatic carbocycles. The van der Waals surface area contributed by atoms with Gasteiger partial charge < -0.3 is 9.84 Å². The Labute approximate surface area is 125 Å². The molecule has 0 bridgehead atoms. The van der Waals surface area contributed by atoms with Gasteiger partial charge in [0.15, 0.2) is 11.6 Å². The molecule has 1 heterocycles. The first-order chi connectivity index (χ1) is 10.1. The minimum Gasteiger partial charge on any atom is -0.483 e. The van der Waals surface area contributed by atoms with Gasteiger partial charge in [-0.1, -0.05) is 12.1 Å². The lowest BCUT2D eigenvalue weighted by Gasteiger charge is -2.04. The summed E-state index contributed by atoms with van der Waals surface area (Å²) < 4.78 is 18.9. The summed E-state index contributed by atoms with van der Waals surface area (Å²) in [5.74, 6) is -0.706. The van der Waals surface area contributed by atoms with Crippen LogP contribution in [0.5, 0.6) is 5.75 Å². The van der Waals surface area contributed by atoms with E-state index in [1.165, 1.54) is 17.4 Å². The van der Waals surface area contributed by atoms with E-state index < -0.39 is 11.8 Å². The summed E-state index contributed by atoms with van der Waals surface area (Å²) in [5, 5.41) is 9.64. The van der Waals surface area contributed by atoms with Crippen LogP contribution < -0.4 is 4.74 Å². The van der Waals surface area contributed by atoms with Gasteiger partial charge in [0, 0.05) is 10.8 Å². The Hall–Kier alpha value is -1.95. The third-order valence-corrected chi connectivity index (χ3v) is 4.28. The fraction of sp³-hybridized carbons (Fsp3) is 0.333. The average Bonchev–Trinajstić information content (AvgIpc) is 3.20. The Balaban J connectivity index is 1.73. The zero-order valence-electron chi connectivity index (χ0n) is 11.2. The first-order valence-electron chi connectivity index (χ1n) is 6.71. The standard InChI is InChI=1S/C15H14FNO3S/c16-10-3-1-2-4-11(10)20-8-13-17-15(9-5-6-9)12(21-13)7-14(18)19/h1-4,9H,5-8H2,(H,18,19). The second kappa shape index (κ2) is 5.81. The largest absolute Gasteiger partial charge is 0.483 e. The first kappa shape index (κ1) is 14.0. The number of aliphatic carboxylic acids is 1. The average molecular weight is 307 g/mol. The fourth-order valence-electron chi connectivity index (χ4n) is 2.12. The van der Waals surface area contributed by atoms with Crippen LogP contribution in [0.4, 0.5) is 4.39 Å². The van der Waals surface area contributed by atoms with E-state index in [9.17, 15) is 9.18 Å². The summed E-state index contributed by atoms with van der Waals surface area (Å²) in [6.45, 7) is 0.158. The molecule has 0 spiro atoms. The number of para-hydroxylation sites is 1. The minimum atomic E-state index is -0.859. The van der Waals surface area contributed by atoms with Crippen molar-refractivity contribution in [3.8, 4) is 5.75 Å². The number of carbonyl (C=O) groups is 1. The van der Waals surface area contributed by atoms with E-state index in [2.05, 4.69) is 4.98 Å². The number of carboxylic acids is 1. The van der Waals surface area contributed by atoms with Crippen molar-refractivity contribution in [3.05, 3.63) is 45.7 Å². The minimum absolute atomic E-state index is 0.0107. The molecule has 0 radical (unpaired) electrons. The van der Waals surface area contributed by atoms with Crippen LogP contribution in [-0.4, -0.2) is 16.1 Å². The monoisotopic (exact) mass is 307 g/mol. The van der Waals surface area contributed by atoms with Crippen LogP contribution in [0.15, 0.2) is 24.3 Å². The van der Waals surface area contributed by atoms with E-state index in [-0.39, 0.29) is 18.8 Å². The second-order valence-corrected chi connectivity index (χ2v) is 6.15. The molecular weight excluding hydrogens is 293 g/mol. The number of carboxylic acid groups (broad SMARTS) is 1. The van der Waals surface area contributed by atoms with Gasteiger partial charge in [-0.3, -0.25) is 4.79 Å². The molecule has 0 saturated heterocycles. The smallest absolute Gasteiger partial charge is 0.308 e. The number of hydrogen-bond donors (Lipinski definition) is 1. The van der Waals surface area contributed by atoms with Crippen LogP contribution in [-0.2, 0) is 17.8 Å². The molecule has 3 rings (SSSR count). The number of aromatic nitrogens is 1. The van der Waals surface area contributed by atoms with Crippen molar-refractivity contribution in [3.63, 3.8) is 0 Å². The van der Waals surface area contributed by atoms with E-state index in [0.29, 0.717) is 10.9 Å². The van der Waals surface area contributed by atoms with E-state index >= 15 is 0 Å². The van der Waals surface area contributed by atoms with Crippen LogP contribution in [0.3, 0.4) is 0 Å². The molecule has 1 aromatic carbocycles. The van der Waals surface area contributed by atoms with Crippen molar-refractivity contribution in [2.24, 2.45) is 0 Å². The second-order valence-electron chi connectivity index (χ2n) is 4.98. The lowest BCUT2D eigenvalue weighted by atomic mass is 10.2. The summed E-state index contributed by atoms with van der Waals surface area (Å²) in [4.78, 5) is 16.2. The van der Waals surface area contributed by atoms with Crippen molar-refractivity contribution in [2.75, 3.05) is 0 Å². The summed E-state index contributed by atoms with van der Waals surface area (Å²) >= 11 is 1.34. The quantitative estimate of drug-likeness (QED) is 0.889. The van der Waals surface area contributed by atoms with Crippen LogP contribution >= 0.6 is 11.3 Å². The van der Waals surface area contributed by atoms with Gasteiger partial charge in [-0.15, -0.1) is 11.3 Å². The SMILES string of the molecule is O=C(O)Cc1sc(COc2ccccc2F)nc1C1CC1. The van der Waals surface area contributed by atoms with Gasteiger partial charge in [-0.2, -0.15) is 0 Å². The van der Waals surface area contributed by atoms with Crippen molar-refractivity contribution in [2.45, 2.75) is 31.8 Å². The topological polar surface area (TPSA) is 59.4 Å². The Morgan fingerprint density at radius 2 is 2.19 bits per heavy atom. The lowest BCUT2D eigenvalue weighted by Crippen LogP contribution is -2.00. The lowest BCUT2D eigenvalue weighted by molar-refractivity contribution is -0.136. The predicted molar refractivity (Wildman–Crippen MR) is 76.2 cm³/mol. The van der Waals surface area contributed by atoms with Crippen molar-refractivity contribution in [1.29, 1.82) is 0 Å². The van der Waals surface area contributed by atoms with Crippen molar-refractivity contribution < 1.29 is 19.0 Å². The van der Waals surface area contributed by atoms with Gasteiger partial charge in [-0.05, 0) is 25.0 Å². The number of rotatable bonds is 6. The molecule has 1 N–H and O–H groups in total. The van der Waals surface area contributed by atoms with E-state index in [1.54, 1.807) is 18.2 Å². The molecule has 6 heteroatoms. The third kappa shape index (κ3) is 3.39. The van der Waals surface area contributed by atoms with Gasteiger partial charge in [0.2, 0.25) is 0 Å². The van der Waals surface area contributed by atoms with Crippen molar-refractivity contribution >= 4 is 17.3 Å². The Morgan fingerprint density at radius 1 is 1.43 bits per heavy atom. The summed E-state index contributed by atoms with van der Waals surface area (Å²) in [6.07, 6.45) is 2.11. The van der Waals surface area contributed by atoms with Gasteiger partial charge in [0.1, 0.15) is 11.6 Å². The van der Waals surface area contributed by atoms with Gasteiger partial charge in [-0.25, -0.2) is 9.37 Å². The van der Waals surface area contributed by atoms with Crippen LogP contribution in [0.1, 0.15) is 34.3 Å². The molecular formula is C15H14FNO3S. The summed E-state index contributed by atoms with van der Waals surface area (Å²) in [6, 6.07) is 6.19. The molecule has 0 atom stereocenters. The summed E-state index contributed by atoms with van der Waals surface area (Å²) in [5.41, 5.74) is 0.884. The number of halogens is 1. The van der Waals surface area contributed by atoms with Gasteiger partial charge in [0.05, 0.1) is 12.1 Å². The number of thiazole rings is 1. The molecule has 2 aromatic rings. The highest BCUT2D eigenvalue weighted by Crippen LogP contribution is 2.43. The predicted octanol–water partition coefficient (Wildman–Crippen LogP) is 3.37. The maximum Gasteiger partial charge on any atom is 0.308 e. The molecule has 0 unspecified atom stereocenters. The summed E-state index contributed by atoms with van der Waals surface area (Å²) in [7, 11) is 0. The maximum atomic E-state index is 13.5. The number of hydrogen-bond acceptors (Lipinski definition) is 4. The number of nitrogens with zero attached hydrogens (tertiary/aromatic N) is 1. The normalized spacial score (nSPS) is 14.1. The molecule has 4 nitrogen and oxygen atoms in total. The van der Waals surface area contributed by atoms with Gasteiger partial charge in [0.25, 0.3) is 0 Å². The molecule has 21 heavy (non-hydrogen) atoms. The van der Waals surface area contributed by atoms with Crippen LogP contribution in [0, 0.1) is 5.82 Å².